The second kappa shape index (κ2) is 7.60. The van der Waals surface area contributed by atoms with Crippen LogP contribution in [0.15, 0.2) is 29.6 Å². The molecule has 0 bridgehead atoms. The highest BCUT2D eigenvalue weighted by atomic mass is 32.1. The molecule has 1 N–H and O–H groups in total. The van der Waals surface area contributed by atoms with Gasteiger partial charge in [0.25, 0.3) is 11.8 Å². The lowest BCUT2D eigenvalue weighted by molar-refractivity contribution is -0.127. The largest absolute Gasteiger partial charge is 0.346 e. The summed E-state index contributed by atoms with van der Waals surface area (Å²) in [5.74, 6) is -1.32. The molecule has 3 atom stereocenters. The van der Waals surface area contributed by atoms with Crippen molar-refractivity contribution in [2.24, 2.45) is 5.92 Å². The lowest BCUT2D eigenvalue weighted by Crippen LogP contribution is -2.53. The highest BCUT2D eigenvalue weighted by Crippen LogP contribution is 2.28. The summed E-state index contributed by atoms with van der Waals surface area (Å²) < 4.78 is 0. The van der Waals surface area contributed by atoms with Crippen LogP contribution in [0, 0.1) is 12.8 Å². The van der Waals surface area contributed by atoms with Gasteiger partial charge >= 0.3 is 0 Å². The zero-order valence-corrected chi connectivity index (χ0v) is 16.7. The minimum absolute atomic E-state index is 0.170. The minimum Gasteiger partial charge on any atom is -0.346 e. The first-order valence-corrected chi connectivity index (χ1v) is 9.92. The molecule has 0 saturated heterocycles. The van der Waals surface area contributed by atoms with E-state index in [2.05, 4.69) is 10.3 Å². The maximum Gasteiger partial charge on any atom is 0.262 e. The van der Waals surface area contributed by atoms with E-state index in [1.165, 1.54) is 11.3 Å². The van der Waals surface area contributed by atoms with Gasteiger partial charge in [-0.1, -0.05) is 32.4 Å². The van der Waals surface area contributed by atoms with E-state index in [0.717, 1.165) is 15.6 Å². The first-order chi connectivity index (χ1) is 12.8. The van der Waals surface area contributed by atoms with Crippen LogP contribution in [0.3, 0.4) is 0 Å². The van der Waals surface area contributed by atoms with Crippen molar-refractivity contribution < 1.29 is 14.4 Å². The number of aromatic nitrogens is 1. The molecule has 0 radical (unpaired) electrons. The summed E-state index contributed by atoms with van der Waals surface area (Å²) in [6.45, 7) is 7.58. The number of hydrogen-bond donors (Lipinski definition) is 1. The summed E-state index contributed by atoms with van der Waals surface area (Å²) in [5, 5.41) is 5.75. The van der Waals surface area contributed by atoms with Crippen molar-refractivity contribution in [2.75, 3.05) is 0 Å². The number of nitrogens with one attached hydrogen (secondary N) is 1. The van der Waals surface area contributed by atoms with Crippen LogP contribution in [0.25, 0.3) is 0 Å². The molecule has 3 amide bonds. The summed E-state index contributed by atoms with van der Waals surface area (Å²) in [6.07, 6.45) is 0.662. The molecule has 3 unspecified atom stereocenters. The molecule has 2 heterocycles. The van der Waals surface area contributed by atoms with E-state index < -0.39 is 17.9 Å². The Kier molecular flexibility index (Phi) is 5.41. The van der Waals surface area contributed by atoms with Crippen LogP contribution in [0.1, 0.15) is 64.7 Å². The van der Waals surface area contributed by atoms with Crippen LogP contribution in [0.4, 0.5) is 0 Å². The molecule has 1 aliphatic heterocycles. The quantitative estimate of drug-likeness (QED) is 0.774. The molecule has 1 aliphatic rings. The lowest BCUT2D eigenvalue weighted by atomic mass is 9.96. The monoisotopic (exact) mass is 385 g/mol. The number of rotatable bonds is 6. The molecule has 0 saturated carbocycles. The predicted octanol–water partition coefficient (Wildman–Crippen LogP) is 3.34. The third-order valence-electron chi connectivity index (χ3n) is 4.99. The van der Waals surface area contributed by atoms with Crippen LogP contribution < -0.4 is 5.32 Å². The van der Waals surface area contributed by atoms with Crippen molar-refractivity contribution in [2.45, 2.75) is 46.2 Å². The van der Waals surface area contributed by atoms with Gasteiger partial charge in [-0.05, 0) is 31.9 Å². The van der Waals surface area contributed by atoms with E-state index in [4.69, 9.17) is 0 Å². The zero-order valence-electron chi connectivity index (χ0n) is 15.9. The Morgan fingerprint density at radius 3 is 2.26 bits per heavy atom. The van der Waals surface area contributed by atoms with Gasteiger partial charge in [-0.25, -0.2) is 4.98 Å². The van der Waals surface area contributed by atoms with Crippen LogP contribution >= 0.6 is 11.3 Å². The van der Waals surface area contributed by atoms with Crippen molar-refractivity contribution in [1.29, 1.82) is 0 Å². The number of fused-ring (bicyclic) bond motifs is 1. The van der Waals surface area contributed by atoms with Crippen molar-refractivity contribution in [1.82, 2.24) is 15.2 Å². The third-order valence-corrected chi connectivity index (χ3v) is 5.79. The normalized spacial score (nSPS) is 16.8. The number of carbonyl (C=O) groups is 3. The first-order valence-electron chi connectivity index (χ1n) is 9.04. The number of imide groups is 1. The second-order valence-corrected chi connectivity index (χ2v) is 7.94. The molecule has 6 nitrogen and oxygen atoms in total. The van der Waals surface area contributed by atoms with Gasteiger partial charge < -0.3 is 5.32 Å². The smallest absolute Gasteiger partial charge is 0.262 e. The maximum absolute atomic E-state index is 13.1. The Morgan fingerprint density at radius 2 is 1.78 bits per heavy atom. The molecule has 1 aromatic carbocycles. The molecule has 7 heteroatoms. The first kappa shape index (κ1) is 19.2. The average molecular weight is 385 g/mol. The lowest BCUT2D eigenvalue weighted by Gasteiger charge is -2.30. The molecule has 27 heavy (non-hydrogen) atoms. The molecule has 2 aromatic rings. The van der Waals surface area contributed by atoms with Gasteiger partial charge in [-0.2, -0.15) is 0 Å². The van der Waals surface area contributed by atoms with Crippen LogP contribution in [0.2, 0.25) is 0 Å². The third kappa shape index (κ3) is 3.51. The Bertz CT molecular complexity index is 857. The molecule has 0 aliphatic carbocycles. The molecular formula is C20H23N3O3S. The molecule has 0 fully saturated rings. The zero-order chi connectivity index (χ0) is 19.7. The second-order valence-electron chi connectivity index (χ2n) is 6.88. The molecular weight excluding hydrogens is 362 g/mol. The topological polar surface area (TPSA) is 79.4 Å². The molecule has 0 spiro atoms. The van der Waals surface area contributed by atoms with Gasteiger partial charge in [0.05, 0.1) is 27.9 Å². The Hall–Kier alpha value is -2.54. The Balaban J connectivity index is 1.87. The fourth-order valence-corrected chi connectivity index (χ4v) is 3.97. The van der Waals surface area contributed by atoms with E-state index in [1.54, 1.807) is 24.3 Å². The standard InChI is InChI=1S/C20H23N3O3S/c1-5-11(2)17(18(24)21-12(3)16-10-27-13(4)22-16)23-19(25)14-8-6-7-9-15(14)20(23)26/h6-12,17H,5H2,1-4H3,(H,21,24). The van der Waals surface area contributed by atoms with Crippen molar-refractivity contribution in [3.63, 3.8) is 0 Å². The van der Waals surface area contributed by atoms with E-state index in [1.807, 2.05) is 33.1 Å². The van der Waals surface area contributed by atoms with E-state index in [0.29, 0.717) is 17.5 Å². The van der Waals surface area contributed by atoms with Crippen molar-refractivity contribution in [3.8, 4) is 0 Å². The van der Waals surface area contributed by atoms with E-state index >= 15 is 0 Å². The fourth-order valence-electron chi connectivity index (χ4n) is 3.27. The van der Waals surface area contributed by atoms with Crippen molar-refractivity contribution >= 4 is 29.1 Å². The number of amides is 3. The van der Waals surface area contributed by atoms with Gasteiger partial charge in [0.1, 0.15) is 6.04 Å². The molecule has 3 rings (SSSR count). The number of hydrogen-bond acceptors (Lipinski definition) is 5. The summed E-state index contributed by atoms with van der Waals surface area (Å²) in [4.78, 5) is 44.3. The van der Waals surface area contributed by atoms with Gasteiger partial charge in [0.15, 0.2) is 0 Å². The average Bonchev–Trinajstić information content (AvgIpc) is 3.19. The van der Waals surface area contributed by atoms with Gasteiger partial charge in [0.2, 0.25) is 5.91 Å². The minimum atomic E-state index is -0.857. The van der Waals surface area contributed by atoms with E-state index in [-0.39, 0.29) is 17.9 Å². The van der Waals surface area contributed by atoms with Gasteiger partial charge in [-0.15, -0.1) is 11.3 Å². The van der Waals surface area contributed by atoms with Crippen molar-refractivity contribution in [3.05, 3.63) is 51.5 Å². The number of thiazole rings is 1. The summed E-state index contributed by atoms with van der Waals surface area (Å²) in [7, 11) is 0. The summed E-state index contributed by atoms with van der Waals surface area (Å²) in [5.41, 5.74) is 1.48. The Labute approximate surface area is 162 Å². The number of nitrogens with zero attached hydrogens (tertiary/aromatic N) is 2. The highest BCUT2D eigenvalue weighted by Gasteiger charge is 2.44. The highest BCUT2D eigenvalue weighted by molar-refractivity contribution is 7.09. The Morgan fingerprint density at radius 1 is 1.19 bits per heavy atom. The predicted molar refractivity (Wildman–Crippen MR) is 104 cm³/mol. The maximum atomic E-state index is 13.1. The van der Waals surface area contributed by atoms with Crippen LogP contribution in [-0.2, 0) is 4.79 Å². The summed E-state index contributed by atoms with van der Waals surface area (Å²) in [6, 6.07) is 5.54. The SMILES string of the molecule is CCC(C)C(C(=O)NC(C)c1csc(C)n1)N1C(=O)c2ccccc2C1=O. The summed E-state index contributed by atoms with van der Waals surface area (Å²) >= 11 is 1.52. The van der Waals surface area contributed by atoms with Gasteiger partial charge in [0, 0.05) is 5.38 Å². The van der Waals surface area contributed by atoms with E-state index in [9.17, 15) is 14.4 Å². The fraction of sp³-hybridized carbons (Fsp3) is 0.400. The molecule has 142 valence electrons. The van der Waals surface area contributed by atoms with Gasteiger partial charge in [-0.3, -0.25) is 19.3 Å². The molecule has 1 aromatic heterocycles. The van der Waals surface area contributed by atoms with Crippen LogP contribution in [-0.4, -0.2) is 33.6 Å². The van der Waals surface area contributed by atoms with Crippen LogP contribution in [0.5, 0.6) is 0 Å². The number of aryl methyl sites for hydroxylation is 1. The number of carbonyl (C=O) groups excluding carboxylic acids is 3. The number of benzene rings is 1.